The van der Waals surface area contributed by atoms with Crippen LogP contribution in [-0.2, 0) is 16.1 Å². The van der Waals surface area contributed by atoms with E-state index in [9.17, 15) is 19.2 Å². The van der Waals surface area contributed by atoms with Crippen LogP contribution in [0.15, 0.2) is 39.9 Å². The number of aromatic nitrogens is 2. The van der Waals surface area contributed by atoms with Gasteiger partial charge in [-0.25, -0.2) is 14.2 Å². The Morgan fingerprint density at radius 2 is 1.84 bits per heavy atom. The smallest absolute Gasteiger partial charge is 0.338 e. The molecule has 2 aromatic carbocycles. The number of nitrogens with two attached hydrogens (primary N) is 1. The van der Waals surface area contributed by atoms with Gasteiger partial charge in [0.15, 0.2) is 0 Å². The van der Waals surface area contributed by atoms with Gasteiger partial charge in [-0.15, -0.1) is 0 Å². The number of rotatable bonds is 7. The number of ether oxygens (including phenoxy) is 1. The molecule has 0 fully saturated rings. The highest BCUT2D eigenvalue weighted by molar-refractivity contribution is 6.32. The molecule has 9 heteroatoms. The minimum atomic E-state index is -0.595. The van der Waals surface area contributed by atoms with Crippen LogP contribution in [0.4, 0.5) is 0 Å². The molecule has 2 N–H and O–H groups in total. The molecule has 0 saturated heterocycles. The maximum absolute atomic E-state index is 13.6. The molecule has 32 heavy (non-hydrogen) atoms. The topological polar surface area (TPSA) is 113 Å². The zero-order valence-corrected chi connectivity index (χ0v) is 18.9. The number of esters is 1. The first kappa shape index (κ1) is 23.3. The Balaban J connectivity index is 2.43. The molecular weight excluding hydrogens is 434 g/mol. The number of halogens is 1. The van der Waals surface area contributed by atoms with Gasteiger partial charge >= 0.3 is 11.7 Å². The molecule has 1 amide bonds. The molecule has 1 aromatic heterocycles. The van der Waals surface area contributed by atoms with Crippen molar-refractivity contribution in [3.05, 3.63) is 72.9 Å². The van der Waals surface area contributed by atoms with E-state index in [4.69, 9.17) is 22.1 Å². The molecule has 0 aliphatic heterocycles. The van der Waals surface area contributed by atoms with E-state index in [1.165, 1.54) is 4.57 Å². The van der Waals surface area contributed by atoms with Crippen LogP contribution in [0.3, 0.4) is 0 Å². The average Bonchev–Trinajstić information content (AvgIpc) is 2.71. The summed E-state index contributed by atoms with van der Waals surface area (Å²) in [5, 5.41) is 0.433. The van der Waals surface area contributed by atoms with Crippen molar-refractivity contribution in [2.75, 3.05) is 6.61 Å². The van der Waals surface area contributed by atoms with Crippen molar-refractivity contribution < 1.29 is 14.3 Å². The highest BCUT2D eigenvalue weighted by atomic mass is 35.5. The van der Waals surface area contributed by atoms with Gasteiger partial charge in [0, 0.05) is 13.0 Å². The van der Waals surface area contributed by atoms with E-state index < -0.39 is 23.1 Å². The fourth-order valence-corrected chi connectivity index (χ4v) is 4.08. The molecule has 0 bridgehead atoms. The predicted molar refractivity (Wildman–Crippen MR) is 123 cm³/mol. The first-order valence-corrected chi connectivity index (χ1v) is 10.6. The van der Waals surface area contributed by atoms with Gasteiger partial charge in [0.2, 0.25) is 5.91 Å². The van der Waals surface area contributed by atoms with Crippen molar-refractivity contribution in [1.82, 2.24) is 9.13 Å². The molecule has 0 saturated carbocycles. The summed E-state index contributed by atoms with van der Waals surface area (Å²) in [7, 11) is 0. The fourth-order valence-electron chi connectivity index (χ4n) is 3.86. The highest BCUT2D eigenvalue weighted by Gasteiger charge is 2.23. The van der Waals surface area contributed by atoms with Crippen molar-refractivity contribution in [1.29, 1.82) is 0 Å². The largest absolute Gasteiger partial charge is 0.462 e. The van der Waals surface area contributed by atoms with Crippen molar-refractivity contribution in [3.63, 3.8) is 0 Å². The summed E-state index contributed by atoms with van der Waals surface area (Å²) >= 11 is 6.30. The molecule has 0 aliphatic carbocycles. The van der Waals surface area contributed by atoms with Crippen molar-refractivity contribution >= 4 is 34.4 Å². The Bertz CT molecular complexity index is 1340. The van der Waals surface area contributed by atoms with Gasteiger partial charge in [0.05, 0.1) is 33.8 Å². The number of carbonyl (C=O) groups is 2. The second-order valence-electron chi connectivity index (χ2n) is 7.40. The van der Waals surface area contributed by atoms with E-state index in [0.29, 0.717) is 23.1 Å². The number of aryl methyl sites for hydroxylation is 3. The minimum absolute atomic E-state index is 0.0814. The van der Waals surface area contributed by atoms with Gasteiger partial charge in [-0.1, -0.05) is 23.7 Å². The van der Waals surface area contributed by atoms with Crippen molar-refractivity contribution in [2.24, 2.45) is 5.73 Å². The summed E-state index contributed by atoms with van der Waals surface area (Å²) in [5.41, 5.74) is 5.93. The predicted octanol–water partition coefficient (Wildman–Crippen LogP) is 2.86. The van der Waals surface area contributed by atoms with Gasteiger partial charge in [-0.3, -0.25) is 14.2 Å². The van der Waals surface area contributed by atoms with Crippen LogP contribution in [-0.4, -0.2) is 27.6 Å². The Hall–Kier alpha value is -3.39. The summed E-state index contributed by atoms with van der Waals surface area (Å²) in [6, 6.07) is 8.13. The first-order chi connectivity index (χ1) is 15.2. The fraction of sp³-hybridized carbons (Fsp3) is 0.304. The highest BCUT2D eigenvalue weighted by Crippen LogP contribution is 2.25. The summed E-state index contributed by atoms with van der Waals surface area (Å²) < 4.78 is 7.58. The summed E-state index contributed by atoms with van der Waals surface area (Å²) in [6.07, 6.45) is 0.390. The zero-order chi connectivity index (χ0) is 23.6. The number of amides is 1. The van der Waals surface area contributed by atoms with Crippen LogP contribution in [0.1, 0.15) is 41.3 Å². The Kier molecular flexibility index (Phi) is 6.84. The molecule has 0 spiro atoms. The molecule has 0 atom stereocenters. The maximum atomic E-state index is 13.6. The van der Waals surface area contributed by atoms with Gasteiger partial charge in [0.25, 0.3) is 5.56 Å². The lowest BCUT2D eigenvalue weighted by molar-refractivity contribution is -0.118. The van der Waals surface area contributed by atoms with Gasteiger partial charge < -0.3 is 10.5 Å². The molecule has 1 heterocycles. The van der Waals surface area contributed by atoms with E-state index >= 15 is 0 Å². The molecular formula is C23H24ClN3O5. The Morgan fingerprint density at radius 1 is 1.16 bits per heavy atom. The average molecular weight is 458 g/mol. The van der Waals surface area contributed by atoms with Gasteiger partial charge in [0.1, 0.15) is 0 Å². The third kappa shape index (κ3) is 4.18. The number of primary amides is 1. The van der Waals surface area contributed by atoms with Crippen LogP contribution >= 0.6 is 11.6 Å². The van der Waals surface area contributed by atoms with Gasteiger partial charge in [-0.2, -0.15) is 0 Å². The van der Waals surface area contributed by atoms with Crippen LogP contribution in [0.25, 0.3) is 16.6 Å². The van der Waals surface area contributed by atoms with E-state index in [1.54, 1.807) is 51.1 Å². The second kappa shape index (κ2) is 9.40. The number of fused-ring (bicyclic) bond motifs is 1. The van der Waals surface area contributed by atoms with E-state index in [2.05, 4.69) is 0 Å². The van der Waals surface area contributed by atoms with E-state index in [0.717, 1.165) is 4.57 Å². The standard InChI is InChI=1S/C23H24ClN3O5/c1-4-32-22(30)19-13(2)12-17-20(14(19)3)21(29)27(16-9-6-5-8-15(16)24)23(31)26(17)11-7-10-18(25)28/h5-6,8-9,12H,4,7,10-11H2,1-3H3,(H2,25,28). The van der Waals surface area contributed by atoms with Crippen molar-refractivity contribution in [3.8, 4) is 5.69 Å². The monoisotopic (exact) mass is 457 g/mol. The SMILES string of the molecule is CCOC(=O)c1c(C)cc2c(c1C)c(=O)n(-c1ccccc1Cl)c(=O)n2CCCC(N)=O. The summed E-state index contributed by atoms with van der Waals surface area (Å²) in [4.78, 5) is 50.8. The van der Waals surface area contributed by atoms with Gasteiger partial charge in [-0.05, 0) is 56.5 Å². The quantitative estimate of drug-likeness (QED) is 0.548. The number of carbonyl (C=O) groups excluding carboxylic acids is 2. The van der Waals surface area contributed by atoms with E-state index in [1.807, 2.05) is 0 Å². The first-order valence-electron chi connectivity index (χ1n) is 10.2. The number of benzene rings is 2. The number of hydrogen-bond donors (Lipinski definition) is 1. The minimum Gasteiger partial charge on any atom is -0.462 e. The number of nitrogens with zero attached hydrogens (tertiary/aromatic N) is 2. The second-order valence-corrected chi connectivity index (χ2v) is 7.81. The Morgan fingerprint density at radius 3 is 2.47 bits per heavy atom. The molecule has 3 aromatic rings. The number of hydrogen-bond acceptors (Lipinski definition) is 5. The molecule has 3 rings (SSSR count). The number of para-hydroxylation sites is 1. The molecule has 8 nitrogen and oxygen atoms in total. The molecule has 0 radical (unpaired) electrons. The summed E-state index contributed by atoms with van der Waals surface area (Å²) in [6.45, 7) is 5.41. The normalized spacial score (nSPS) is 11.0. The zero-order valence-electron chi connectivity index (χ0n) is 18.1. The Labute approximate surface area is 189 Å². The maximum Gasteiger partial charge on any atom is 0.338 e. The van der Waals surface area contributed by atoms with Crippen LogP contribution in [0.2, 0.25) is 5.02 Å². The van der Waals surface area contributed by atoms with Crippen LogP contribution < -0.4 is 17.0 Å². The van der Waals surface area contributed by atoms with Crippen LogP contribution in [0, 0.1) is 13.8 Å². The van der Waals surface area contributed by atoms with Crippen molar-refractivity contribution in [2.45, 2.75) is 40.2 Å². The third-order valence-electron chi connectivity index (χ3n) is 5.26. The molecule has 168 valence electrons. The lowest BCUT2D eigenvalue weighted by Gasteiger charge is -2.18. The lowest BCUT2D eigenvalue weighted by Crippen LogP contribution is -2.40. The molecule has 0 aliphatic rings. The van der Waals surface area contributed by atoms with Crippen LogP contribution in [0.5, 0.6) is 0 Å². The summed E-state index contributed by atoms with van der Waals surface area (Å²) in [5.74, 6) is -1.03. The van der Waals surface area contributed by atoms with E-state index in [-0.39, 0.29) is 41.2 Å². The third-order valence-corrected chi connectivity index (χ3v) is 5.58. The lowest BCUT2D eigenvalue weighted by atomic mass is 9.98. The molecule has 0 unspecified atom stereocenters.